The first-order valence-electron chi connectivity index (χ1n) is 7.97. The Balaban J connectivity index is 1.74. The van der Waals surface area contributed by atoms with Crippen LogP contribution in [-0.2, 0) is 16.6 Å². The van der Waals surface area contributed by atoms with E-state index in [9.17, 15) is 18.0 Å². The molecule has 2 aromatic rings. The Morgan fingerprint density at radius 2 is 1.64 bits per heavy atom. The first kappa shape index (κ1) is 17.6. The first-order chi connectivity index (χ1) is 11.9. The maximum Gasteiger partial charge on any atom is 0.325 e. The number of hydrogen-bond donors (Lipinski definition) is 2. The van der Waals surface area contributed by atoms with Gasteiger partial charge in [-0.05, 0) is 12.5 Å². The van der Waals surface area contributed by atoms with E-state index in [1.54, 1.807) is 0 Å². The Labute approximate surface area is 145 Å². The predicted molar refractivity (Wildman–Crippen MR) is 92.9 cm³/mol. The van der Waals surface area contributed by atoms with E-state index in [1.807, 2.05) is 35.3 Å². The average molecular weight is 364 g/mol. The molecule has 0 radical (unpaired) electrons. The highest BCUT2D eigenvalue weighted by Crippen LogP contribution is 2.17. The number of aryl methyl sites for hydroxylation is 1. The molecule has 2 N–H and O–H groups in total. The van der Waals surface area contributed by atoms with Crippen molar-refractivity contribution in [2.24, 2.45) is 0 Å². The van der Waals surface area contributed by atoms with Crippen molar-refractivity contribution in [3.63, 3.8) is 0 Å². The van der Waals surface area contributed by atoms with Gasteiger partial charge in [0.25, 0.3) is 5.56 Å². The third-order valence-corrected chi connectivity index (χ3v) is 6.31. The van der Waals surface area contributed by atoms with Crippen LogP contribution >= 0.6 is 0 Å². The van der Waals surface area contributed by atoms with Gasteiger partial charge in [0.05, 0.1) is 0 Å². The molecule has 0 unspecified atom stereocenters. The van der Waals surface area contributed by atoms with Gasteiger partial charge < -0.3 is 4.98 Å². The molecular formula is C16H20N4O4S. The van der Waals surface area contributed by atoms with Gasteiger partial charge in [-0.15, -0.1) is 0 Å². The first-order valence-corrected chi connectivity index (χ1v) is 9.41. The average Bonchev–Trinajstić information content (AvgIpc) is 2.55. The normalized spacial score (nSPS) is 16.8. The summed E-state index contributed by atoms with van der Waals surface area (Å²) >= 11 is 0. The summed E-state index contributed by atoms with van der Waals surface area (Å²) in [6.07, 6.45) is 0. The summed E-state index contributed by atoms with van der Waals surface area (Å²) in [7, 11) is -3.94. The Morgan fingerprint density at radius 3 is 2.24 bits per heavy atom. The van der Waals surface area contributed by atoms with Crippen LogP contribution in [0.4, 0.5) is 0 Å². The van der Waals surface area contributed by atoms with Crippen LogP contribution in [0.2, 0.25) is 0 Å². The number of nitrogens with one attached hydrogen (secondary N) is 2. The van der Waals surface area contributed by atoms with Gasteiger partial charge >= 0.3 is 5.69 Å². The van der Waals surface area contributed by atoms with Crippen LogP contribution in [0.5, 0.6) is 0 Å². The Morgan fingerprint density at radius 1 is 1.00 bits per heavy atom. The third kappa shape index (κ3) is 3.73. The van der Waals surface area contributed by atoms with Crippen LogP contribution < -0.4 is 11.2 Å². The summed E-state index contributed by atoms with van der Waals surface area (Å²) in [4.78, 5) is 29.3. The van der Waals surface area contributed by atoms with Crippen molar-refractivity contribution < 1.29 is 8.42 Å². The monoisotopic (exact) mass is 364 g/mol. The smallest absolute Gasteiger partial charge is 0.310 e. The van der Waals surface area contributed by atoms with E-state index in [0.29, 0.717) is 26.2 Å². The van der Waals surface area contributed by atoms with Gasteiger partial charge in [-0.2, -0.15) is 4.31 Å². The fourth-order valence-corrected chi connectivity index (χ4v) is 4.62. The molecule has 0 aliphatic carbocycles. The summed E-state index contributed by atoms with van der Waals surface area (Å²) in [5.41, 5.74) is -0.366. The molecule has 1 aliphatic rings. The maximum absolute atomic E-state index is 12.8. The van der Waals surface area contributed by atoms with Gasteiger partial charge in [-0.25, -0.2) is 13.2 Å². The second-order valence-corrected chi connectivity index (χ2v) is 7.90. The number of benzene rings is 1. The zero-order valence-electron chi connectivity index (χ0n) is 13.9. The topological polar surface area (TPSA) is 106 Å². The van der Waals surface area contributed by atoms with Crippen molar-refractivity contribution in [2.45, 2.75) is 18.4 Å². The van der Waals surface area contributed by atoms with Crippen molar-refractivity contribution >= 4 is 10.0 Å². The molecule has 1 saturated heterocycles. The number of aromatic nitrogens is 2. The van der Waals surface area contributed by atoms with Gasteiger partial charge in [0.1, 0.15) is 0 Å². The van der Waals surface area contributed by atoms with Crippen LogP contribution in [0.1, 0.15) is 11.3 Å². The summed E-state index contributed by atoms with van der Waals surface area (Å²) in [5.74, 6) is 0. The molecule has 0 saturated carbocycles. The highest BCUT2D eigenvalue weighted by Gasteiger charge is 2.32. The number of aromatic amines is 2. The molecule has 1 aromatic carbocycles. The molecule has 2 heterocycles. The highest BCUT2D eigenvalue weighted by atomic mass is 32.2. The van der Waals surface area contributed by atoms with Crippen LogP contribution in [0, 0.1) is 6.92 Å². The molecule has 0 amide bonds. The molecule has 1 aliphatic heterocycles. The predicted octanol–water partition coefficient (Wildman–Crippen LogP) is -0.122. The third-order valence-electron chi connectivity index (χ3n) is 4.25. The zero-order chi connectivity index (χ0) is 18.0. The molecule has 3 rings (SSSR count). The summed E-state index contributed by atoms with van der Waals surface area (Å²) in [6.45, 7) is 3.92. The molecule has 9 heteroatoms. The number of H-pyrrole nitrogens is 2. The molecular weight excluding hydrogens is 344 g/mol. The minimum atomic E-state index is -3.94. The Hall–Kier alpha value is -2.23. The van der Waals surface area contributed by atoms with E-state index < -0.39 is 21.3 Å². The largest absolute Gasteiger partial charge is 0.325 e. The molecule has 134 valence electrons. The molecule has 8 nitrogen and oxygen atoms in total. The van der Waals surface area contributed by atoms with Crippen molar-refractivity contribution in [3.05, 3.63) is 62.4 Å². The minimum absolute atomic E-state index is 0.0560. The van der Waals surface area contributed by atoms with Gasteiger partial charge in [0.2, 0.25) is 10.0 Å². The lowest BCUT2D eigenvalue weighted by molar-refractivity contribution is 0.181. The number of hydrogen-bond acceptors (Lipinski definition) is 5. The van der Waals surface area contributed by atoms with E-state index in [1.165, 1.54) is 16.8 Å². The lowest BCUT2D eigenvalue weighted by atomic mass is 10.2. The second-order valence-electron chi connectivity index (χ2n) is 6.03. The molecule has 25 heavy (non-hydrogen) atoms. The number of piperazine rings is 1. The molecule has 0 bridgehead atoms. The van der Waals surface area contributed by atoms with Crippen molar-refractivity contribution in [1.29, 1.82) is 0 Å². The second kappa shape index (κ2) is 6.95. The van der Waals surface area contributed by atoms with E-state index in [2.05, 4.69) is 9.88 Å². The molecule has 0 atom stereocenters. The van der Waals surface area contributed by atoms with Crippen molar-refractivity contribution in [3.8, 4) is 0 Å². The Kier molecular flexibility index (Phi) is 4.89. The van der Waals surface area contributed by atoms with Crippen molar-refractivity contribution in [1.82, 2.24) is 19.2 Å². The molecule has 1 aromatic heterocycles. The lowest BCUT2D eigenvalue weighted by Gasteiger charge is -2.33. The highest BCUT2D eigenvalue weighted by molar-refractivity contribution is 7.89. The lowest BCUT2D eigenvalue weighted by Crippen LogP contribution is -2.49. The summed E-state index contributed by atoms with van der Waals surface area (Å²) in [5, 5.41) is 0. The van der Waals surface area contributed by atoms with Crippen LogP contribution in [0.25, 0.3) is 0 Å². The Bertz CT molecular complexity index is 958. The van der Waals surface area contributed by atoms with Crippen LogP contribution in [0.15, 0.2) is 44.8 Å². The fourth-order valence-electron chi connectivity index (χ4n) is 3.00. The molecule has 0 spiro atoms. The SMILES string of the molecule is Cc1[nH]c(=O)[nH]c(=O)c1S(=O)(=O)N1CCN(Cc2ccccc2)CC1. The van der Waals surface area contributed by atoms with Gasteiger partial charge in [0.15, 0.2) is 4.90 Å². The fraction of sp³-hybridized carbons (Fsp3) is 0.375. The summed E-state index contributed by atoms with van der Waals surface area (Å²) in [6, 6.07) is 9.97. The summed E-state index contributed by atoms with van der Waals surface area (Å²) < 4.78 is 26.8. The quantitative estimate of drug-likeness (QED) is 0.787. The number of rotatable bonds is 4. The number of nitrogens with zero attached hydrogens (tertiary/aromatic N) is 2. The van der Waals surface area contributed by atoms with Gasteiger partial charge in [-0.1, -0.05) is 30.3 Å². The molecule has 1 fully saturated rings. The number of sulfonamides is 1. The van der Waals surface area contributed by atoms with Gasteiger partial charge in [0, 0.05) is 38.4 Å². The van der Waals surface area contributed by atoms with Gasteiger partial charge in [-0.3, -0.25) is 14.7 Å². The maximum atomic E-state index is 12.8. The minimum Gasteiger partial charge on any atom is -0.310 e. The van der Waals surface area contributed by atoms with Crippen LogP contribution in [0.3, 0.4) is 0 Å². The van der Waals surface area contributed by atoms with E-state index >= 15 is 0 Å². The zero-order valence-corrected chi connectivity index (χ0v) is 14.7. The van der Waals surface area contributed by atoms with E-state index in [0.717, 1.165) is 6.54 Å². The van der Waals surface area contributed by atoms with E-state index in [-0.39, 0.29) is 10.6 Å². The van der Waals surface area contributed by atoms with Crippen LogP contribution in [-0.4, -0.2) is 53.8 Å². The van der Waals surface area contributed by atoms with Crippen molar-refractivity contribution in [2.75, 3.05) is 26.2 Å². The van der Waals surface area contributed by atoms with E-state index in [4.69, 9.17) is 0 Å². The standard InChI is InChI=1S/C16H20N4O4S/c1-12-14(15(21)18-16(22)17-12)25(23,24)20-9-7-19(8-10-20)11-13-5-3-2-4-6-13/h2-6H,7-11H2,1H3,(H2,17,18,21,22).